The largest absolute Gasteiger partial charge is 0.463 e. The Morgan fingerprint density at radius 1 is 1.00 bits per heavy atom. The molecule has 162 valence electrons. The van der Waals surface area contributed by atoms with Crippen molar-refractivity contribution in [3.8, 4) is 11.5 Å². The Balaban J connectivity index is 1.43. The molecule has 0 aliphatic heterocycles. The van der Waals surface area contributed by atoms with Crippen molar-refractivity contribution in [3.63, 3.8) is 0 Å². The highest BCUT2D eigenvalue weighted by molar-refractivity contribution is 7.92. The van der Waals surface area contributed by atoms with Crippen LogP contribution in [0.25, 0.3) is 11.5 Å². The first kappa shape index (κ1) is 20.9. The quantitative estimate of drug-likeness (QED) is 0.431. The Bertz CT molecular complexity index is 1380. The molecule has 2 N–H and O–H groups in total. The number of hydrogen-bond acceptors (Lipinski definition) is 8. The zero-order valence-corrected chi connectivity index (χ0v) is 17.2. The van der Waals surface area contributed by atoms with Gasteiger partial charge in [0.25, 0.3) is 15.6 Å². The first-order valence-corrected chi connectivity index (χ1v) is 10.7. The topological polar surface area (TPSA) is 149 Å². The molecule has 0 radical (unpaired) electrons. The van der Waals surface area contributed by atoms with Crippen LogP contribution in [0.15, 0.2) is 87.4 Å². The fourth-order valence-electron chi connectivity index (χ4n) is 2.70. The Labute approximate surface area is 181 Å². The van der Waals surface area contributed by atoms with Crippen molar-refractivity contribution in [2.45, 2.75) is 11.4 Å². The number of sulfonamides is 1. The molecule has 12 heteroatoms. The van der Waals surface area contributed by atoms with Gasteiger partial charge in [-0.3, -0.25) is 9.59 Å². The molecule has 0 spiro atoms. The van der Waals surface area contributed by atoms with Crippen molar-refractivity contribution in [3.05, 3.63) is 83.6 Å². The number of nitrogens with one attached hydrogen (secondary N) is 2. The van der Waals surface area contributed by atoms with Crippen LogP contribution in [-0.2, 0) is 21.4 Å². The molecule has 0 bridgehead atoms. The maximum absolute atomic E-state index is 12.4. The van der Waals surface area contributed by atoms with E-state index in [1.807, 2.05) is 0 Å². The number of furan rings is 1. The van der Waals surface area contributed by atoms with E-state index in [-0.39, 0.29) is 17.4 Å². The van der Waals surface area contributed by atoms with Crippen molar-refractivity contribution < 1.29 is 17.6 Å². The van der Waals surface area contributed by atoms with Crippen LogP contribution < -0.4 is 15.6 Å². The SMILES string of the molecule is O=C(Cn1nc(-c2ccco2)ccc1=O)Nc1ccc(S(=O)(=O)Nc2ncccn2)cc1. The van der Waals surface area contributed by atoms with Crippen LogP contribution in [0.5, 0.6) is 0 Å². The lowest BCUT2D eigenvalue weighted by molar-refractivity contribution is -0.117. The second-order valence-electron chi connectivity index (χ2n) is 6.44. The minimum Gasteiger partial charge on any atom is -0.463 e. The van der Waals surface area contributed by atoms with E-state index in [9.17, 15) is 18.0 Å². The van der Waals surface area contributed by atoms with Gasteiger partial charge < -0.3 is 9.73 Å². The van der Waals surface area contributed by atoms with Gasteiger partial charge in [-0.1, -0.05) is 0 Å². The highest BCUT2D eigenvalue weighted by atomic mass is 32.2. The molecular weight excluding hydrogens is 436 g/mol. The van der Waals surface area contributed by atoms with E-state index >= 15 is 0 Å². The third kappa shape index (κ3) is 4.87. The van der Waals surface area contributed by atoms with Crippen LogP contribution in [0, 0.1) is 0 Å². The van der Waals surface area contributed by atoms with E-state index in [2.05, 4.69) is 25.1 Å². The van der Waals surface area contributed by atoms with E-state index < -0.39 is 21.5 Å². The molecule has 0 atom stereocenters. The van der Waals surface area contributed by atoms with Crippen LogP contribution in [0.4, 0.5) is 11.6 Å². The Hall–Kier alpha value is -4.32. The zero-order valence-electron chi connectivity index (χ0n) is 16.4. The number of benzene rings is 1. The Kier molecular flexibility index (Phi) is 5.77. The first-order valence-electron chi connectivity index (χ1n) is 9.22. The maximum atomic E-state index is 12.4. The molecule has 0 unspecified atom stereocenters. The summed E-state index contributed by atoms with van der Waals surface area (Å²) in [6.07, 6.45) is 4.30. The molecule has 3 heterocycles. The van der Waals surface area contributed by atoms with Crippen LogP contribution in [-0.4, -0.2) is 34.1 Å². The zero-order chi connectivity index (χ0) is 22.6. The second-order valence-corrected chi connectivity index (χ2v) is 8.12. The lowest BCUT2D eigenvalue weighted by Crippen LogP contribution is -2.29. The minimum absolute atomic E-state index is 0.0352. The summed E-state index contributed by atoms with van der Waals surface area (Å²) < 4.78 is 33.3. The predicted octanol–water partition coefficient (Wildman–Crippen LogP) is 1.73. The lowest BCUT2D eigenvalue weighted by Gasteiger charge is -2.09. The van der Waals surface area contributed by atoms with Crippen LogP contribution in [0.2, 0.25) is 0 Å². The number of rotatable bonds is 7. The maximum Gasteiger partial charge on any atom is 0.267 e. The fraction of sp³-hybridized carbons (Fsp3) is 0.0500. The summed E-state index contributed by atoms with van der Waals surface area (Å²) in [6, 6.07) is 13.2. The molecule has 1 aromatic carbocycles. The smallest absolute Gasteiger partial charge is 0.267 e. The molecule has 1 amide bonds. The van der Waals surface area contributed by atoms with Gasteiger partial charge in [-0.15, -0.1) is 0 Å². The Morgan fingerprint density at radius 2 is 1.75 bits per heavy atom. The van der Waals surface area contributed by atoms with Crippen LogP contribution in [0.1, 0.15) is 0 Å². The van der Waals surface area contributed by atoms with Gasteiger partial charge in [0.1, 0.15) is 12.2 Å². The van der Waals surface area contributed by atoms with Crippen molar-refractivity contribution in [2.75, 3.05) is 10.0 Å². The predicted molar refractivity (Wildman–Crippen MR) is 114 cm³/mol. The number of nitrogens with zero attached hydrogens (tertiary/aromatic N) is 4. The molecule has 4 rings (SSSR count). The van der Waals surface area contributed by atoms with Gasteiger partial charge in [0, 0.05) is 24.1 Å². The Morgan fingerprint density at radius 3 is 2.44 bits per heavy atom. The van der Waals surface area contributed by atoms with Crippen LogP contribution >= 0.6 is 0 Å². The third-order valence-electron chi connectivity index (χ3n) is 4.17. The molecular formula is C20H16N6O5S. The number of amides is 1. The summed E-state index contributed by atoms with van der Waals surface area (Å²) in [6.45, 7) is -0.333. The number of hydrogen-bond donors (Lipinski definition) is 2. The van der Waals surface area contributed by atoms with E-state index in [0.717, 1.165) is 4.68 Å². The van der Waals surface area contributed by atoms with Crippen molar-refractivity contribution in [1.82, 2.24) is 19.7 Å². The average molecular weight is 452 g/mol. The number of aromatic nitrogens is 4. The summed E-state index contributed by atoms with van der Waals surface area (Å²) >= 11 is 0. The third-order valence-corrected chi connectivity index (χ3v) is 5.52. The summed E-state index contributed by atoms with van der Waals surface area (Å²) in [5, 5.41) is 6.73. The van der Waals surface area contributed by atoms with Gasteiger partial charge >= 0.3 is 0 Å². The number of carbonyl (C=O) groups excluding carboxylic acids is 1. The van der Waals surface area contributed by atoms with Gasteiger partial charge in [-0.2, -0.15) is 5.10 Å². The number of anilines is 2. The lowest BCUT2D eigenvalue weighted by atomic mass is 10.3. The van der Waals surface area contributed by atoms with Crippen molar-refractivity contribution in [2.24, 2.45) is 0 Å². The molecule has 4 aromatic rings. The van der Waals surface area contributed by atoms with Gasteiger partial charge in [0.15, 0.2) is 5.76 Å². The fourth-order valence-corrected chi connectivity index (χ4v) is 3.66. The van der Waals surface area contributed by atoms with E-state index in [1.54, 1.807) is 18.2 Å². The molecule has 0 aliphatic rings. The second kappa shape index (κ2) is 8.81. The summed E-state index contributed by atoms with van der Waals surface area (Å²) in [5.41, 5.74) is 0.304. The van der Waals surface area contributed by atoms with Crippen molar-refractivity contribution >= 4 is 27.6 Å². The van der Waals surface area contributed by atoms with Gasteiger partial charge in [-0.05, 0) is 48.5 Å². The van der Waals surface area contributed by atoms with Crippen molar-refractivity contribution in [1.29, 1.82) is 0 Å². The average Bonchev–Trinajstić information content (AvgIpc) is 3.31. The summed E-state index contributed by atoms with van der Waals surface area (Å²) in [5.74, 6) is -0.104. The van der Waals surface area contributed by atoms with E-state index in [1.165, 1.54) is 55.1 Å². The summed E-state index contributed by atoms with van der Waals surface area (Å²) in [4.78, 5) is 32.0. The molecule has 11 nitrogen and oxygen atoms in total. The molecule has 3 aromatic heterocycles. The van der Waals surface area contributed by atoms with Gasteiger partial charge in [0.05, 0.1) is 11.2 Å². The number of carbonyl (C=O) groups is 1. The first-order chi connectivity index (χ1) is 15.4. The molecule has 0 fully saturated rings. The van der Waals surface area contributed by atoms with E-state index in [0.29, 0.717) is 17.1 Å². The highest BCUT2D eigenvalue weighted by Crippen LogP contribution is 2.17. The van der Waals surface area contributed by atoms with Gasteiger partial charge in [0.2, 0.25) is 11.9 Å². The molecule has 32 heavy (non-hydrogen) atoms. The minimum atomic E-state index is -3.89. The van der Waals surface area contributed by atoms with Crippen LogP contribution in [0.3, 0.4) is 0 Å². The van der Waals surface area contributed by atoms with Gasteiger partial charge in [-0.25, -0.2) is 27.8 Å². The highest BCUT2D eigenvalue weighted by Gasteiger charge is 2.16. The normalized spacial score (nSPS) is 11.1. The standard InChI is InChI=1S/C20H16N6O5S/c27-18(13-26-19(28)9-8-16(24-26)17-3-1-12-31-17)23-14-4-6-15(7-5-14)32(29,30)25-20-21-10-2-11-22-20/h1-12H,13H2,(H,23,27)(H,21,22,25). The summed E-state index contributed by atoms with van der Waals surface area (Å²) in [7, 11) is -3.89. The molecule has 0 saturated carbocycles. The van der Waals surface area contributed by atoms with E-state index in [4.69, 9.17) is 4.42 Å². The monoisotopic (exact) mass is 452 g/mol. The molecule has 0 aliphatic carbocycles. The molecule has 0 saturated heterocycles.